The lowest BCUT2D eigenvalue weighted by Gasteiger charge is -2.07. The number of ketones is 1. The molecule has 0 saturated carbocycles. The minimum absolute atomic E-state index is 0.0627. The number of hydrogen-bond donors (Lipinski definition) is 0. The van der Waals surface area contributed by atoms with Gasteiger partial charge in [0.2, 0.25) is 0 Å². The topological polar surface area (TPSA) is 43.4 Å². The molecule has 3 nitrogen and oxygen atoms in total. The molecule has 0 spiro atoms. The van der Waals surface area contributed by atoms with Crippen molar-refractivity contribution in [2.75, 3.05) is 12.4 Å². The van der Waals surface area contributed by atoms with Gasteiger partial charge in [-0.25, -0.2) is 4.79 Å². The van der Waals surface area contributed by atoms with Crippen molar-refractivity contribution in [1.82, 2.24) is 0 Å². The van der Waals surface area contributed by atoms with Gasteiger partial charge < -0.3 is 4.74 Å². The van der Waals surface area contributed by atoms with Gasteiger partial charge in [-0.15, -0.1) is 0 Å². The van der Waals surface area contributed by atoms with Crippen molar-refractivity contribution >= 4 is 43.6 Å². The second-order valence-corrected chi connectivity index (χ2v) is 4.71. The van der Waals surface area contributed by atoms with E-state index in [1.54, 1.807) is 18.2 Å². The van der Waals surface area contributed by atoms with E-state index in [4.69, 9.17) is 0 Å². The summed E-state index contributed by atoms with van der Waals surface area (Å²) in [5, 5.41) is 1.16. The molecule has 0 aliphatic heterocycles. The molecule has 0 aromatic heterocycles. The second-order valence-electron chi connectivity index (χ2n) is 3.36. The summed E-state index contributed by atoms with van der Waals surface area (Å²) in [6, 6.07) is 4.97. The van der Waals surface area contributed by atoms with Gasteiger partial charge in [0.25, 0.3) is 0 Å². The van der Waals surface area contributed by atoms with Crippen LogP contribution in [-0.2, 0) is 10.1 Å². The average Bonchev–Trinajstić information content (AvgIpc) is 2.37. The fourth-order valence-electron chi connectivity index (χ4n) is 1.44. The summed E-state index contributed by atoms with van der Waals surface area (Å²) >= 11 is 6.55. The van der Waals surface area contributed by atoms with Crippen LogP contribution in [0.15, 0.2) is 18.2 Å². The third kappa shape index (κ3) is 3.64. The Morgan fingerprint density at radius 1 is 1.29 bits per heavy atom. The van der Waals surface area contributed by atoms with E-state index in [0.29, 0.717) is 28.2 Å². The number of alkyl halides is 2. The summed E-state index contributed by atoms with van der Waals surface area (Å²) < 4.78 is 4.64. The maximum atomic E-state index is 11.8. The molecule has 0 atom stereocenters. The van der Waals surface area contributed by atoms with Gasteiger partial charge in [-0.3, -0.25) is 4.79 Å². The predicted molar refractivity (Wildman–Crippen MR) is 73.2 cm³/mol. The van der Waals surface area contributed by atoms with Crippen LogP contribution in [0.25, 0.3) is 0 Å². The second kappa shape index (κ2) is 6.91. The van der Waals surface area contributed by atoms with E-state index < -0.39 is 5.97 Å². The molecular formula is C12H12Br2O3. The highest BCUT2D eigenvalue weighted by Gasteiger charge is 2.13. The van der Waals surface area contributed by atoms with Crippen molar-refractivity contribution in [3.05, 3.63) is 34.9 Å². The van der Waals surface area contributed by atoms with Gasteiger partial charge in [-0.05, 0) is 17.7 Å². The van der Waals surface area contributed by atoms with Crippen LogP contribution in [-0.4, -0.2) is 24.2 Å². The summed E-state index contributed by atoms with van der Waals surface area (Å²) in [6.45, 7) is 0. The Morgan fingerprint density at radius 2 is 2.00 bits per heavy atom. The summed E-state index contributed by atoms with van der Waals surface area (Å²) in [7, 11) is 1.33. The van der Waals surface area contributed by atoms with Gasteiger partial charge in [0.1, 0.15) is 0 Å². The maximum Gasteiger partial charge on any atom is 0.337 e. The Morgan fingerprint density at radius 3 is 2.53 bits per heavy atom. The highest BCUT2D eigenvalue weighted by molar-refractivity contribution is 9.09. The first-order valence-corrected chi connectivity index (χ1v) is 7.24. The molecule has 0 heterocycles. The average molecular weight is 364 g/mol. The molecule has 5 heteroatoms. The van der Waals surface area contributed by atoms with Crippen molar-refractivity contribution in [2.24, 2.45) is 0 Å². The molecule has 1 aromatic carbocycles. The predicted octanol–water partition coefficient (Wildman–Crippen LogP) is 3.34. The lowest BCUT2D eigenvalue weighted by Crippen LogP contribution is -2.07. The van der Waals surface area contributed by atoms with E-state index in [9.17, 15) is 9.59 Å². The SMILES string of the molecule is COC(=O)c1ccc(C(=O)CCBr)c(CBr)c1. The first-order valence-electron chi connectivity index (χ1n) is 5.00. The maximum absolute atomic E-state index is 11.8. The fraction of sp³-hybridized carbons (Fsp3) is 0.333. The normalized spacial score (nSPS) is 10.1. The number of rotatable bonds is 5. The number of esters is 1. The van der Waals surface area contributed by atoms with Gasteiger partial charge >= 0.3 is 5.97 Å². The molecule has 0 unspecified atom stereocenters. The highest BCUT2D eigenvalue weighted by atomic mass is 79.9. The Balaban J connectivity index is 3.09. The lowest BCUT2D eigenvalue weighted by molar-refractivity contribution is 0.0600. The van der Waals surface area contributed by atoms with E-state index >= 15 is 0 Å². The molecule has 1 aromatic rings. The number of hydrogen-bond acceptors (Lipinski definition) is 3. The molecule has 0 N–H and O–H groups in total. The number of ether oxygens (including phenoxy) is 1. The quantitative estimate of drug-likeness (QED) is 0.457. The molecule has 0 saturated heterocycles. The first-order chi connectivity index (χ1) is 8.13. The number of carbonyl (C=O) groups is 2. The molecule has 0 aliphatic rings. The van der Waals surface area contributed by atoms with Crippen molar-refractivity contribution < 1.29 is 14.3 Å². The Hall–Kier alpha value is -0.680. The molecule has 0 radical (unpaired) electrons. The monoisotopic (exact) mass is 362 g/mol. The molecule has 0 amide bonds. The van der Waals surface area contributed by atoms with Crippen LogP contribution in [0.2, 0.25) is 0 Å². The smallest absolute Gasteiger partial charge is 0.337 e. The Labute approximate surface area is 117 Å². The van der Waals surface area contributed by atoms with Crippen LogP contribution in [0.5, 0.6) is 0 Å². The third-order valence-electron chi connectivity index (χ3n) is 2.29. The third-order valence-corrected chi connectivity index (χ3v) is 3.29. The molecule has 0 bridgehead atoms. The van der Waals surface area contributed by atoms with Gasteiger partial charge in [0.15, 0.2) is 5.78 Å². The molecule has 17 heavy (non-hydrogen) atoms. The minimum atomic E-state index is -0.397. The van der Waals surface area contributed by atoms with Crippen LogP contribution >= 0.6 is 31.9 Å². The number of carbonyl (C=O) groups excluding carboxylic acids is 2. The van der Waals surface area contributed by atoms with E-state index in [1.807, 2.05) is 0 Å². The summed E-state index contributed by atoms with van der Waals surface area (Å²) in [4.78, 5) is 23.2. The van der Waals surface area contributed by atoms with Crippen molar-refractivity contribution in [3.8, 4) is 0 Å². The largest absolute Gasteiger partial charge is 0.465 e. The van der Waals surface area contributed by atoms with Crippen LogP contribution in [0, 0.1) is 0 Å². The number of halogens is 2. The summed E-state index contributed by atoms with van der Waals surface area (Å²) in [5.74, 6) is -0.334. The van der Waals surface area contributed by atoms with Crippen LogP contribution in [0.1, 0.15) is 32.7 Å². The standard InChI is InChI=1S/C12H12Br2O3/c1-17-12(16)8-2-3-10(9(6-8)7-14)11(15)4-5-13/h2-3,6H,4-5,7H2,1H3. The molecular weight excluding hydrogens is 352 g/mol. The zero-order valence-electron chi connectivity index (χ0n) is 9.33. The van der Waals surface area contributed by atoms with Gasteiger partial charge in [0.05, 0.1) is 12.7 Å². The van der Waals surface area contributed by atoms with E-state index in [2.05, 4.69) is 36.6 Å². The van der Waals surface area contributed by atoms with Crippen molar-refractivity contribution in [2.45, 2.75) is 11.8 Å². The summed E-state index contributed by atoms with van der Waals surface area (Å²) in [5.41, 5.74) is 1.91. The number of Topliss-reactive ketones (excluding diaryl/α,β-unsaturated/α-hetero) is 1. The molecule has 0 aliphatic carbocycles. The van der Waals surface area contributed by atoms with Gasteiger partial charge in [0, 0.05) is 22.6 Å². The number of benzene rings is 1. The van der Waals surface area contributed by atoms with E-state index in [-0.39, 0.29) is 5.78 Å². The number of methoxy groups -OCH3 is 1. The van der Waals surface area contributed by atoms with Crippen LogP contribution < -0.4 is 0 Å². The molecule has 92 valence electrons. The zero-order chi connectivity index (χ0) is 12.8. The summed E-state index contributed by atoms with van der Waals surface area (Å²) in [6.07, 6.45) is 0.442. The van der Waals surface area contributed by atoms with Crippen LogP contribution in [0.4, 0.5) is 0 Å². The van der Waals surface area contributed by atoms with Gasteiger partial charge in [-0.2, -0.15) is 0 Å². The molecule has 0 fully saturated rings. The lowest BCUT2D eigenvalue weighted by atomic mass is 10.0. The van der Waals surface area contributed by atoms with Gasteiger partial charge in [-0.1, -0.05) is 37.9 Å². The van der Waals surface area contributed by atoms with Crippen molar-refractivity contribution in [3.63, 3.8) is 0 Å². The Kier molecular flexibility index (Phi) is 5.85. The van der Waals surface area contributed by atoms with Crippen LogP contribution in [0.3, 0.4) is 0 Å². The first kappa shape index (κ1) is 14.4. The molecule has 1 rings (SSSR count). The fourth-order valence-corrected chi connectivity index (χ4v) is 2.27. The zero-order valence-corrected chi connectivity index (χ0v) is 12.5. The van der Waals surface area contributed by atoms with Crippen molar-refractivity contribution in [1.29, 1.82) is 0 Å². The highest BCUT2D eigenvalue weighted by Crippen LogP contribution is 2.18. The Bertz CT molecular complexity index is 430. The van der Waals surface area contributed by atoms with E-state index in [0.717, 1.165) is 5.56 Å². The minimum Gasteiger partial charge on any atom is -0.465 e. The van der Waals surface area contributed by atoms with E-state index in [1.165, 1.54) is 7.11 Å².